The largest absolute Gasteiger partial charge is 0.467 e. The summed E-state index contributed by atoms with van der Waals surface area (Å²) in [6, 6.07) is 1.00. The topological polar surface area (TPSA) is 88.0 Å². The Kier molecular flexibility index (Phi) is 4.84. The van der Waals surface area contributed by atoms with Crippen molar-refractivity contribution in [1.29, 1.82) is 5.41 Å². The Morgan fingerprint density at radius 1 is 1.62 bits per heavy atom. The molecular formula is C9H11BrN4O2. The van der Waals surface area contributed by atoms with Crippen LogP contribution >= 0.6 is 15.9 Å². The van der Waals surface area contributed by atoms with Crippen molar-refractivity contribution in [1.82, 2.24) is 9.97 Å². The fourth-order valence-corrected chi connectivity index (χ4v) is 1.37. The van der Waals surface area contributed by atoms with Crippen LogP contribution in [-0.4, -0.2) is 33.7 Å². The van der Waals surface area contributed by atoms with Crippen LogP contribution in [0.3, 0.4) is 0 Å². The number of methoxy groups -OCH3 is 1. The van der Waals surface area contributed by atoms with E-state index < -0.39 is 12.0 Å². The van der Waals surface area contributed by atoms with E-state index in [1.165, 1.54) is 7.11 Å². The molecule has 1 aromatic rings. The van der Waals surface area contributed by atoms with Gasteiger partial charge < -0.3 is 10.1 Å². The molecule has 0 spiro atoms. The van der Waals surface area contributed by atoms with Crippen LogP contribution in [0.1, 0.15) is 6.42 Å². The molecule has 0 aromatic carbocycles. The Hall–Kier alpha value is -1.50. The number of hydrogen-bond acceptors (Lipinski definition) is 6. The van der Waals surface area contributed by atoms with Crippen LogP contribution in [0.2, 0.25) is 0 Å². The van der Waals surface area contributed by atoms with Crippen LogP contribution in [0.5, 0.6) is 0 Å². The van der Waals surface area contributed by atoms with Crippen molar-refractivity contribution in [2.45, 2.75) is 12.5 Å². The summed E-state index contributed by atoms with van der Waals surface area (Å²) in [5.74, 6) is -0.136. The Morgan fingerprint density at radius 2 is 2.25 bits per heavy atom. The first kappa shape index (κ1) is 12.6. The van der Waals surface area contributed by atoms with E-state index in [2.05, 4.69) is 36.0 Å². The highest BCUT2D eigenvalue weighted by atomic mass is 79.9. The number of nitrogens with one attached hydrogen (secondary N) is 2. The second-order valence-corrected chi connectivity index (χ2v) is 3.86. The Bertz CT molecular complexity index is 371. The highest BCUT2D eigenvalue weighted by molar-refractivity contribution is 9.18. The Morgan fingerprint density at radius 3 is 2.75 bits per heavy atom. The van der Waals surface area contributed by atoms with Crippen molar-refractivity contribution < 1.29 is 9.53 Å². The lowest BCUT2D eigenvalue weighted by atomic mass is 10.2. The number of halogens is 1. The summed E-state index contributed by atoms with van der Waals surface area (Å²) in [5.41, 5.74) is 0. The van der Waals surface area contributed by atoms with Gasteiger partial charge in [0.05, 0.1) is 11.7 Å². The Labute approximate surface area is 101 Å². The van der Waals surface area contributed by atoms with Gasteiger partial charge in [-0.3, -0.25) is 5.41 Å². The van der Waals surface area contributed by atoms with E-state index in [1.54, 1.807) is 18.5 Å². The standard InChI is InChI=1S/C9H11BrN4O2/c1-16-8(15)6(5-7(10)11)14-9-12-3-2-4-13-9/h2-4,6,11H,5H2,1H3,(H,12,13,14). The molecule has 2 N–H and O–H groups in total. The molecule has 7 heteroatoms. The van der Waals surface area contributed by atoms with Gasteiger partial charge in [-0.25, -0.2) is 14.8 Å². The molecule has 0 saturated carbocycles. The second kappa shape index (κ2) is 6.16. The van der Waals surface area contributed by atoms with Gasteiger partial charge in [-0.05, 0) is 22.0 Å². The minimum Gasteiger partial charge on any atom is -0.467 e. The highest BCUT2D eigenvalue weighted by Crippen LogP contribution is 2.07. The number of nitrogens with zero attached hydrogens (tertiary/aromatic N) is 2. The minimum atomic E-state index is -0.667. The van der Waals surface area contributed by atoms with Gasteiger partial charge in [0.2, 0.25) is 5.95 Å². The van der Waals surface area contributed by atoms with E-state index >= 15 is 0 Å². The number of esters is 1. The van der Waals surface area contributed by atoms with Crippen LogP contribution in [0.15, 0.2) is 18.5 Å². The molecule has 0 aliphatic carbocycles. The first-order valence-electron chi connectivity index (χ1n) is 4.47. The van der Waals surface area contributed by atoms with Crippen molar-refractivity contribution >= 4 is 32.5 Å². The lowest BCUT2D eigenvalue weighted by Gasteiger charge is -2.14. The summed E-state index contributed by atoms with van der Waals surface area (Å²) in [5, 5.41) is 10.1. The summed E-state index contributed by atoms with van der Waals surface area (Å²) < 4.78 is 4.81. The summed E-state index contributed by atoms with van der Waals surface area (Å²) in [6.07, 6.45) is 3.30. The molecule has 86 valence electrons. The third-order valence-electron chi connectivity index (χ3n) is 1.74. The summed E-state index contributed by atoms with van der Waals surface area (Å²) in [4.78, 5) is 19.2. The number of ether oxygens (including phenoxy) is 1. The van der Waals surface area contributed by atoms with Crippen LogP contribution in [0.4, 0.5) is 5.95 Å². The third-order valence-corrected chi connectivity index (χ3v) is 2.06. The lowest BCUT2D eigenvalue weighted by Crippen LogP contribution is -2.32. The maximum Gasteiger partial charge on any atom is 0.328 e. The number of hydrogen-bond donors (Lipinski definition) is 2. The van der Waals surface area contributed by atoms with E-state index in [4.69, 9.17) is 5.41 Å². The van der Waals surface area contributed by atoms with Crippen LogP contribution in [0, 0.1) is 5.41 Å². The van der Waals surface area contributed by atoms with E-state index in [-0.39, 0.29) is 11.0 Å². The van der Waals surface area contributed by atoms with Gasteiger partial charge in [0.15, 0.2) is 0 Å². The maximum atomic E-state index is 11.4. The predicted molar refractivity (Wildman–Crippen MR) is 62.7 cm³/mol. The quantitative estimate of drug-likeness (QED) is 0.627. The molecular weight excluding hydrogens is 276 g/mol. The number of aromatic nitrogens is 2. The van der Waals surface area contributed by atoms with E-state index in [1.807, 2.05) is 0 Å². The minimum absolute atomic E-state index is 0.185. The van der Waals surface area contributed by atoms with E-state index in [0.29, 0.717) is 5.95 Å². The zero-order valence-electron chi connectivity index (χ0n) is 8.61. The smallest absolute Gasteiger partial charge is 0.328 e. The van der Waals surface area contributed by atoms with Crippen molar-refractivity contribution in [2.24, 2.45) is 0 Å². The van der Waals surface area contributed by atoms with Crippen LogP contribution in [0.25, 0.3) is 0 Å². The molecule has 0 fully saturated rings. The molecule has 1 atom stereocenters. The van der Waals surface area contributed by atoms with Gasteiger partial charge in [-0.15, -0.1) is 0 Å². The molecule has 0 radical (unpaired) electrons. The zero-order chi connectivity index (χ0) is 12.0. The highest BCUT2D eigenvalue weighted by Gasteiger charge is 2.20. The fraction of sp³-hybridized carbons (Fsp3) is 0.333. The molecule has 16 heavy (non-hydrogen) atoms. The number of carbonyl (C=O) groups is 1. The van der Waals surface area contributed by atoms with Gasteiger partial charge in [-0.1, -0.05) is 0 Å². The van der Waals surface area contributed by atoms with Gasteiger partial charge in [0.1, 0.15) is 6.04 Å². The summed E-state index contributed by atoms with van der Waals surface area (Å²) >= 11 is 2.98. The molecule has 0 amide bonds. The molecule has 0 aliphatic rings. The van der Waals surface area contributed by atoms with Gasteiger partial charge in [-0.2, -0.15) is 0 Å². The normalized spacial score (nSPS) is 11.6. The molecule has 0 bridgehead atoms. The molecule has 1 unspecified atom stereocenters. The molecule has 0 aliphatic heterocycles. The zero-order valence-corrected chi connectivity index (χ0v) is 10.2. The van der Waals surface area contributed by atoms with Crippen LogP contribution < -0.4 is 5.32 Å². The van der Waals surface area contributed by atoms with Crippen molar-refractivity contribution in [3.8, 4) is 0 Å². The van der Waals surface area contributed by atoms with E-state index in [0.717, 1.165) is 0 Å². The van der Waals surface area contributed by atoms with Gasteiger partial charge in [0.25, 0.3) is 0 Å². The van der Waals surface area contributed by atoms with Gasteiger partial charge in [0, 0.05) is 18.8 Å². The van der Waals surface area contributed by atoms with Crippen molar-refractivity contribution in [2.75, 3.05) is 12.4 Å². The molecule has 1 aromatic heterocycles. The fourth-order valence-electron chi connectivity index (χ4n) is 1.04. The average molecular weight is 287 g/mol. The van der Waals surface area contributed by atoms with Crippen molar-refractivity contribution in [3.05, 3.63) is 18.5 Å². The summed E-state index contributed by atoms with van der Waals surface area (Å²) in [7, 11) is 1.29. The second-order valence-electron chi connectivity index (χ2n) is 2.90. The predicted octanol–water partition coefficient (Wildman–Crippen LogP) is 1.19. The Balaban J connectivity index is 2.70. The maximum absolute atomic E-state index is 11.4. The molecule has 1 heterocycles. The SMILES string of the molecule is COC(=O)C(CC(=N)Br)Nc1ncccn1. The monoisotopic (exact) mass is 286 g/mol. The van der Waals surface area contributed by atoms with E-state index in [9.17, 15) is 4.79 Å². The van der Waals surface area contributed by atoms with Crippen molar-refractivity contribution in [3.63, 3.8) is 0 Å². The average Bonchev–Trinajstić information content (AvgIpc) is 2.28. The van der Waals surface area contributed by atoms with Crippen LogP contribution in [-0.2, 0) is 9.53 Å². The molecule has 0 saturated heterocycles. The van der Waals surface area contributed by atoms with Gasteiger partial charge >= 0.3 is 5.97 Å². The number of rotatable bonds is 5. The lowest BCUT2D eigenvalue weighted by molar-refractivity contribution is -0.141. The number of carbonyl (C=O) groups excluding carboxylic acids is 1. The first-order valence-corrected chi connectivity index (χ1v) is 5.27. The summed E-state index contributed by atoms with van der Waals surface area (Å²) in [6.45, 7) is 0. The molecule has 1 rings (SSSR count). The first-order chi connectivity index (χ1) is 7.63. The third kappa shape index (κ3) is 3.93. The number of anilines is 1. The molecule has 6 nitrogen and oxygen atoms in total.